The predicted octanol–water partition coefficient (Wildman–Crippen LogP) is 4.27. The van der Waals surface area contributed by atoms with Crippen molar-refractivity contribution in [1.29, 1.82) is 0 Å². The Kier molecular flexibility index (Phi) is 9.50. The maximum atomic E-state index is 13.6. The fourth-order valence-corrected chi connectivity index (χ4v) is 4.10. The van der Waals surface area contributed by atoms with Crippen molar-refractivity contribution in [2.75, 3.05) is 19.8 Å². The number of sulfonamides is 1. The van der Waals surface area contributed by atoms with Crippen molar-refractivity contribution in [2.45, 2.75) is 19.1 Å². The largest absolute Gasteiger partial charge is 0.350 e. The summed E-state index contributed by atoms with van der Waals surface area (Å²) in [6, 6.07) is 21.9. The van der Waals surface area contributed by atoms with E-state index in [1.54, 1.807) is 72.8 Å². The minimum absolute atomic E-state index is 0.0710. The highest BCUT2D eigenvalue weighted by Gasteiger charge is 2.32. The van der Waals surface area contributed by atoms with E-state index in [4.69, 9.17) is 23.2 Å². The minimum atomic E-state index is -3.61. The van der Waals surface area contributed by atoms with Crippen LogP contribution in [0.25, 0.3) is 0 Å². The van der Waals surface area contributed by atoms with E-state index in [-0.39, 0.29) is 13.1 Å². The van der Waals surface area contributed by atoms with Crippen LogP contribution in [0.15, 0.2) is 78.9 Å². The summed E-state index contributed by atoms with van der Waals surface area (Å²) in [7, 11) is -2.29. The molecule has 7 nitrogen and oxygen atoms in total. The van der Waals surface area contributed by atoms with Crippen molar-refractivity contribution in [1.82, 2.24) is 14.5 Å². The number of carbonyl (C=O) groups excluding carboxylic acids is 2. The lowest BCUT2D eigenvalue weighted by atomic mass is 10.0. The smallest absolute Gasteiger partial charge is 0.247 e. The molecule has 0 heterocycles. The van der Waals surface area contributed by atoms with Gasteiger partial charge in [-0.25, -0.2) is 8.42 Å². The Morgan fingerprint density at radius 3 is 1.92 bits per heavy atom. The normalized spacial score (nSPS) is 12.2. The molecule has 0 aliphatic carbocycles. The molecule has 0 aliphatic heterocycles. The van der Waals surface area contributed by atoms with Crippen LogP contribution in [-0.4, -0.2) is 49.3 Å². The van der Waals surface area contributed by atoms with Crippen molar-refractivity contribution in [3.63, 3.8) is 0 Å². The summed E-state index contributed by atoms with van der Waals surface area (Å²) in [6.45, 7) is -0.118. The first-order chi connectivity index (χ1) is 17.0. The van der Waals surface area contributed by atoms with Crippen molar-refractivity contribution in [3.05, 3.63) is 106 Å². The fourth-order valence-electron chi connectivity index (χ4n) is 3.50. The molecule has 3 aromatic carbocycles. The number of nitrogens with one attached hydrogen (secondary N) is 1. The van der Waals surface area contributed by atoms with Crippen LogP contribution in [0.5, 0.6) is 0 Å². The third-order valence-electron chi connectivity index (χ3n) is 5.57. The standard InChI is InChI=1S/C26H27Cl2N3O4S/c1-30(36(2,34)35)18-24(32)31(17-20-10-14-23(28)15-11-20)25(21-6-4-3-5-7-21)26(33)29-16-19-8-12-22(27)13-9-19/h3-15,25H,16-18H2,1-2H3,(H,29,33)/t25-/m0/s1. The van der Waals surface area contributed by atoms with Gasteiger partial charge in [-0.2, -0.15) is 4.31 Å². The molecule has 0 saturated carbocycles. The SMILES string of the molecule is CN(CC(=O)N(Cc1ccc(Cl)cc1)[C@H](C(=O)NCc1ccc(Cl)cc1)c1ccccc1)S(C)(=O)=O. The summed E-state index contributed by atoms with van der Waals surface area (Å²) in [6.07, 6.45) is 1.03. The summed E-state index contributed by atoms with van der Waals surface area (Å²) >= 11 is 12.0. The van der Waals surface area contributed by atoms with Crippen LogP contribution in [0, 0.1) is 0 Å². The summed E-state index contributed by atoms with van der Waals surface area (Å²) in [5.74, 6) is -0.922. The summed E-state index contributed by atoms with van der Waals surface area (Å²) in [5, 5.41) is 4.02. The highest BCUT2D eigenvalue weighted by Crippen LogP contribution is 2.25. The van der Waals surface area contributed by atoms with Gasteiger partial charge in [-0.3, -0.25) is 9.59 Å². The van der Waals surface area contributed by atoms with Gasteiger partial charge in [0.05, 0.1) is 12.8 Å². The first-order valence-corrected chi connectivity index (χ1v) is 13.7. The molecular formula is C26H27Cl2N3O4S. The Morgan fingerprint density at radius 2 is 1.39 bits per heavy atom. The monoisotopic (exact) mass is 547 g/mol. The van der Waals surface area contributed by atoms with Gasteiger partial charge in [0.25, 0.3) is 0 Å². The van der Waals surface area contributed by atoms with Gasteiger partial charge in [0.15, 0.2) is 0 Å². The molecule has 0 radical (unpaired) electrons. The Labute approximate surface area is 221 Å². The number of amides is 2. The van der Waals surface area contributed by atoms with Crippen LogP contribution in [0.1, 0.15) is 22.7 Å². The first kappa shape index (κ1) is 27.7. The number of likely N-dealkylation sites (N-methyl/N-ethyl adjacent to an activating group) is 1. The Hall–Kier alpha value is -2.91. The van der Waals surface area contributed by atoms with Crippen LogP contribution in [0.2, 0.25) is 10.0 Å². The fraction of sp³-hybridized carbons (Fsp3) is 0.231. The van der Waals surface area contributed by atoms with Crippen LogP contribution in [0.3, 0.4) is 0 Å². The zero-order chi connectivity index (χ0) is 26.3. The second-order valence-electron chi connectivity index (χ2n) is 8.32. The maximum Gasteiger partial charge on any atom is 0.247 e. The van der Waals surface area contributed by atoms with Crippen LogP contribution in [0.4, 0.5) is 0 Å². The first-order valence-electron chi connectivity index (χ1n) is 11.1. The average Bonchev–Trinajstić information content (AvgIpc) is 2.84. The number of rotatable bonds is 10. The van der Waals surface area contributed by atoms with Gasteiger partial charge in [0, 0.05) is 30.2 Å². The molecule has 0 aliphatic rings. The van der Waals surface area contributed by atoms with Crippen LogP contribution >= 0.6 is 23.2 Å². The van der Waals surface area contributed by atoms with E-state index in [1.807, 2.05) is 6.07 Å². The van der Waals surface area contributed by atoms with Gasteiger partial charge < -0.3 is 10.2 Å². The van der Waals surface area contributed by atoms with E-state index in [1.165, 1.54) is 11.9 Å². The van der Waals surface area contributed by atoms with Crippen molar-refractivity contribution < 1.29 is 18.0 Å². The Bertz CT molecular complexity index is 1290. The van der Waals surface area contributed by atoms with Gasteiger partial charge in [0.2, 0.25) is 21.8 Å². The molecular weight excluding hydrogens is 521 g/mol. The van der Waals surface area contributed by atoms with Gasteiger partial charge in [0.1, 0.15) is 6.04 Å². The summed E-state index contributed by atoms with van der Waals surface area (Å²) in [4.78, 5) is 28.5. The van der Waals surface area contributed by atoms with E-state index >= 15 is 0 Å². The molecule has 0 fully saturated rings. The highest BCUT2D eigenvalue weighted by atomic mass is 35.5. The lowest BCUT2D eigenvalue weighted by Gasteiger charge is -2.32. The number of hydrogen-bond donors (Lipinski definition) is 1. The van der Waals surface area contributed by atoms with E-state index in [0.29, 0.717) is 15.6 Å². The van der Waals surface area contributed by atoms with Crippen molar-refractivity contribution >= 4 is 45.0 Å². The van der Waals surface area contributed by atoms with E-state index in [9.17, 15) is 18.0 Å². The lowest BCUT2D eigenvalue weighted by Crippen LogP contribution is -2.47. The topological polar surface area (TPSA) is 86.8 Å². The summed E-state index contributed by atoms with van der Waals surface area (Å²) < 4.78 is 24.9. The van der Waals surface area contributed by atoms with Gasteiger partial charge >= 0.3 is 0 Å². The third-order valence-corrected chi connectivity index (χ3v) is 7.33. The minimum Gasteiger partial charge on any atom is -0.350 e. The van der Waals surface area contributed by atoms with E-state index < -0.39 is 34.4 Å². The molecule has 0 spiro atoms. The summed E-state index contributed by atoms with van der Waals surface area (Å²) in [5.41, 5.74) is 2.17. The Morgan fingerprint density at radius 1 is 0.861 bits per heavy atom. The highest BCUT2D eigenvalue weighted by molar-refractivity contribution is 7.88. The quantitative estimate of drug-likeness (QED) is 0.410. The molecule has 2 amide bonds. The maximum absolute atomic E-state index is 13.6. The number of carbonyl (C=O) groups is 2. The predicted molar refractivity (Wildman–Crippen MR) is 142 cm³/mol. The molecule has 0 saturated heterocycles. The van der Waals surface area contributed by atoms with Crippen LogP contribution < -0.4 is 5.32 Å². The number of benzene rings is 3. The van der Waals surface area contributed by atoms with Gasteiger partial charge in [-0.1, -0.05) is 77.8 Å². The molecule has 190 valence electrons. The second-order valence-corrected chi connectivity index (χ2v) is 11.3. The molecule has 0 unspecified atom stereocenters. The molecule has 1 N–H and O–H groups in total. The third kappa shape index (κ3) is 7.80. The number of hydrogen-bond acceptors (Lipinski definition) is 4. The second kappa shape index (κ2) is 12.4. The van der Waals surface area contributed by atoms with Crippen molar-refractivity contribution in [2.24, 2.45) is 0 Å². The molecule has 0 bridgehead atoms. The van der Waals surface area contributed by atoms with Crippen LogP contribution in [-0.2, 0) is 32.7 Å². The Balaban J connectivity index is 1.96. The van der Waals surface area contributed by atoms with Gasteiger partial charge in [-0.15, -0.1) is 0 Å². The molecule has 10 heteroatoms. The zero-order valence-electron chi connectivity index (χ0n) is 19.9. The van der Waals surface area contributed by atoms with E-state index in [0.717, 1.165) is 21.7 Å². The molecule has 36 heavy (non-hydrogen) atoms. The number of halogens is 2. The average molecular weight is 548 g/mol. The van der Waals surface area contributed by atoms with Crippen molar-refractivity contribution in [3.8, 4) is 0 Å². The molecule has 3 rings (SSSR count). The van der Waals surface area contributed by atoms with E-state index in [2.05, 4.69) is 5.32 Å². The lowest BCUT2D eigenvalue weighted by molar-refractivity contribution is -0.141. The van der Waals surface area contributed by atoms with Gasteiger partial charge in [-0.05, 0) is 41.0 Å². The number of nitrogens with zero attached hydrogens (tertiary/aromatic N) is 2. The zero-order valence-corrected chi connectivity index (χ0v) is 22.2. The molecule has 1 atom stereocenters. The molecule has 3 aromatic rings. The molecule has 0 aromatic heterocycles.